The van der Waals surface area contributed by atoms with Crippen LogP contribution in [0, 0.1) is 0 Å². The highest BCUT2D eigenvalue weighted by atomic mass is 79.9. The Bertz CT molecular complexity index is 3790. The van der Waals surface area contributed by atoms with Gasteiger partial charge >= 0.3 is 0 Å². The SMILES string of the molecule is Brc1c(-n2c3cc4ccccc4cc3c3c4ccccc4ccc32)cc2sc3ccccc3c2c1-n1c2ccc(-c3ccccc3)cc2c2cc(-c3ccccc3)ccc21. The van der Waals surface area contributed by atoms with Crippen LogP contribution in [-0.2, 0) is 0 Å². The van der Waals surface area contributed by atoms with Crippen LogP contribution in [-0.4, -0.2) is 9.13 Å². The lowest BCUT2D eigenvalue weighted by molar-refractivity contribution is 1.13. The van der Waals surface area contributed by atoms with Crippen molar-refractivity contribution in [2.75, 3.05) is 0 Å². The zero-order chi connectivity index (χ0) is 39.5. The largest absolute Gasteiger partial charge is 0.308 e. The number of benzene rings is 10. The molecule has 0 spiro atoms. The molecule has 13 aromatic rings. The van der Waals surface area contributed by atoms with Crippen LogP contribution in [0.25, 0.3) is 119 Å². The Labute approximate surface area is 357 Å². The smallest absolute Gasteiger partial charge is 0.0718 e. The topological polar surface area (TPSA) is 9.86 Å². The molecule has 0 aliphatic heterocycles. The number of thiophene rings is 1. The average molecular weight is 846 g/mol. The van der Waals surface area contributed by atoms with E-state index in [1.807, 2.05) is 11.3 Å². The summed E-state index contributed by atoms with van der Waals surface area (Å²) in [7, 11) is 0. The lowest BCUT2D eigenvalue weighted by Crippen LogP contribution is -2.02. The fourth-order valence-electron chi connectivity index (χ4n) is 9.82. The Hall–Kier alpha value is -6.98. The quantitative estimate of drug-likeness (QED) is 0.167. The van der Waals surface area contributed by atoms with Gasteiger partial charge in [0.15, 0.2) is 0 Å². The Morgan fingerprint density at radius 3 is 1.58 bits per heavy atom. The van der Waals surface area contributed by atoms with Crippen molar-refractivity contribution in [1.82, 2.24) is 9.13 Å². The molecule has 0 fully saturated rings. The minimum absolute atomic E-state index is 1.05. The molecule has 0 aliphatic rings. The molecule has 0 amide bonds. The van der Waals surface area contributed by atoms with Crippen LogP contribution in [0.15, 0.2) is 205 Å². The van der Waals surface area contributed by atoms with E-state index in [0.29, 0.717) is 0 Å². The second-order valence-corrected chi connectivity index (χ2v) is 17.7. The molecule has 280 valence electrons. The van der Waals surface area contributed by atoms with E-state index >= 15 is 0 Å². The van der Waals surface area contributed by atoms with Gasteiger partial charge < -0.3 is 9.13 Å². The van der Waals surface area contributed by atoms with Crippen molar-refractivity contribution in [3.05, 3.63) is 205 Å². The highest BCUT2D eigenvalue weighted by Gasteiger charge is 2.25. The van der Waals surface area contributed by atoms with E-state index in [9.17, 15) is 0 Å². The first kappa shape index (κ1) is 33.9. The Morgan fingerprint density at radius 2 is 0.900 bits per heavy atom. The molecule has 0 unspecified atom stereocenters. The van der Waals surface area contributed by atoms with Crippen molar-refractivity contribution >= 4 is 113 Å². The van der Waals surface area contributed by atoms with Crippen LogP contribution in [0.3, 0.4) is 0 Å². The molecule has 10 aromatic carbocycles. The lowest BCUT2D eigenvalue weighted by Gasteiger charge is -2.18. The number of nitrogens with zero attached hydrogens (tertiary/aromatic N) is 2. The van der Waals surface area contributed by atoms with Crippen LogP contribution < -0.4 is 0 Å². The molecule has 0 atom stereocenters. The van der Waals surface area contributed by atoms with Crippen molar-refractivity contribution < 1.29 is 0 Å². The van der Waals surface area contributed by atoms with Crippen molar-refractivity contribution in [3.63, 3.8) is 0 Å². The van der Waals surface area contributed by atoms with Gasteiger partial charge in [-0.15, -0.1) is 11.3 Å². The van der Waals surface area contributed by atoms with Crippen LogP contribution in [0.1, 0.15) is 0 Å². The number of aromatic nitrogens is 2. The number of hydrogen-bond acceptors (Lipinski definition) is 1. The van der Waals surface area contributed by atoms with E-state index in [1.54, 1.807) is 0 Å². The van der Waals surface area contributed by atoms with Gasteiger partial charge in [-0.05, 0) is 114 Å². The van der Waals surface area contributed by atoms with E-state index in [-0.39, 0.29) is 0 Å². The predicted molar refractivity (Wildman–Crippen MR) is 262 cm³/mol. The third kappa shape index (κ3) is 4.92. The summed E-state index contributed by atoms with van der Waals surface area (Å²) in [5, 5.41) is 12.5. The van der Waals surface area contributed by atoms with Gasteiger partial charge in [-0.3, -0.25) is 0 Å². The van der Waals surface area contributed by atoms with E-state index in [1.165, 1.54) is 108 Å². The third-order valence-corrected chi connectivity index (χ3v) is 14.4. The fraction of sp³-hybridized carbons (Fsp3) is 0. The van der Waals surface area contributed by atoms with E-state index in [4.69, 9.17) is 0 Å². The third-order valence-electron chi connectivity index (χ3n) is 12.5. The van der Waals surface area contributed by atoms with Gasteiger partial charge in [-0.2, -0.15) is 0 Å². The van der Waals surface area contributed by atoms with Crippen molar-refractivity contribution in [2.45, 2.75) is 0 Å². The minimum atomic E-state index is 1.05. The number of fused-ring (bicyclic) bond motifs is 12. The van der Waals surface area contributed by atoms with Gasteiger partial charge in [0.2, 0.25) is 0 Å². The van der Waals surface area contributed by atoms with Crippen LogP contribution in [0.4, 0.5) is 0 Å². The molecule has 0 N–H and O–H groups in total. The summed E-state index contributed by atoms with van der Waals surface area (Å²) in [6.45, 7) is 0. The number of rotatable bonds is 4. The van der Waals surface area contributed by atoms with Crippen LogP contribution in [0.2, 0.25) is 0 Å². The molecule has 0 radical (unpaired) electrons. The zero-order valence-corrected chi connectivity index (χ0v) is 34.6. The molecule has 2 nitrogen and oxygen atoms in total. The minimum Gasteiger partial charge on any atom is -0.308 e. The fourth-order valence-corrected chi connectivity index (χ4v) is 11.6. The van der Waals surface area contributed by atoms with Gasteiger partial charge in [0.1, 0.15) is 0 Å². The maximum absolute atomic E-state index is 4.42. The van der Waals surface area contributed by atoms with E-state index in [0.717, 1.165) is 15.8 Å². The first-order chi connectivity index (χ1) is 29.7. The molecule has 4 heteroatoms. The van der Waals surface area contributed by atoms with Gasteiger partial charge in [0.05, 0.1) is 37.9 Å². The molecule has 0 bridgehead atoms. The first-order valence-electron chi connectivity index (χ1n) is 20.4. The summed E-state index contributed by atoms with van der Waals surface area (Å²) in [6, 6.07) is 73.7. The first-order valence-corrected chi connectivity index (χ1v) is 22.0. The monoisotopic (exact) mass is 844 g/mol. The molecule has 0 saturated carbocycles. The highest BCUT2D eigenvalue weighted by molar-refractivity contribution is 9.10. The Balaban J connectivity index is 1.19. The summed E-state index contributed by atoms with van der Waals surface area (Å²) in [5.74, 6) is 0. The maximum Gasteiger partial charge on any atom is 0.0718 e. The van der Waals surface area contributed by atoms with Crippen LogP contribution in [0.5, 0.6) is 0 Å². The molecular weight excluding hydrogens is 813 g/mol. The molecule has 60 heavy (non-hydrogen) atoms. The molecule has 13 rings (SSSR count). The van der Waals surface area contributed by atoms with Gasteiger partial charge in [0.25, 0.3) is 0 Å². The molecule has 3 aromatic heterocycles. The van der Waals surface area contributed by atoms with Crippen molar-refractivity contribution in [1.29, 1.82) is 0 Å². The molecule has 3 heterocycles. The molecule has 0 saturated heterocycles. The predicted octanol–water partition coefficient (Wildman–Crippen LogP) is 16.7. The molecule has 0 aliphatic carbocycles. The standard InChI is InChI=1S/C56H33BrN2S/c57-55-50(58-48-28-23-36-17-9-10-20-41(36)53(48)45-31-37-18-7-8-19-38(37)32-49(45)58)33-52-54(42-21-11-12-22-51(42)60-52)56(55)59-46-26-24-39(34-13-3-1-4-14-34)29-43(46)44-30-40(25-27-47(44)59)35-15-5-2-6-16-35/h1-33H. The van der Waals surface area contributed by atoms with E-state index < -0.39 is 0 Å². The van der Waals surface area contributed by atoms with Gasteiger partial charge in [-0.25, -0.2) is 0 Å². The molecular formula is C56H33BrN2S. The summed E-state index contributed by atoms with van der Waals surface area (Å²) < 4.78 is 8.61. The lowest BCUT2D eigenvalue weighted by atomic mass is 10.0. The van der Waals surface area contributed by atoms with Crippen molar-refractivity contribution in [3.8, 4) is 33.6 Å². The summed E-state index contributed by atoms with van der Waals surface area (Å²) in [5.41, 5.74) is 11.8. The second-order valence-electron chi connectivity index (χ2n) is 15.8. The Morgan fingerprint density at radius 1 is 0.333 bits per heavy atom. The maximum atomic E-state index is 4.42. The average Bonchev–Trinajstić information content (AvgIpc) is 3.95. The van der Waals surface area contributed by atoms with Crippen LogP contribution >= 0.6 is 27.3 Å². The summed E-state index contributed by atoms with van der Waals surface area (Å²) in [4.78, 5) is 0. The Kier molecular flexibility index (Phi) is 7.36. The van der Waals surface area contributed by atoms with Crippen molar-refractivity contribution in [2.24, 2.45) is 0 Å². The second kappa shape index (κ2) is 13.0. The summed E-state index contributed by atoms with van der Waals surface area (Å²) >= 11 is 6.30. The van der Waals surface area contributed by atoms with E-state index in [2.05, 4.69) is 225 Å². The normalized spacial score (nSPS) is 12.1. The number of halogens is 1. The number of hydrogen-bond donors (Lipinski definition) is 0. The van der Waals surface area contributed by atoms with Gasteiger partial charge in [-0.1, -0.05) is 146 Å². The highest BCUT2D eigenvalue weighted by Crippen LogP contribution is 2.49. The zero-order valence-electron chi connectivity index (χ0n) is 32.2. The summed E-state index contributed by atoms with van der Waals surface area (Å²) in [6.07, 6.45) is 0. The van der Waals surface area contributed by atoms with Gasteiger partial charge in [0, 0.05) is 41.7 Å².